The Morgan fingerprint density at radius 3 is 2.60 bits per heavy atom. The Bertz CT molecular complexity index is 780. The zero-order chi connectivity index (χ0) is 18.0. The molecular weight excluding hydrogens is 314 g/mol. The number of aryl methyl sites for hydroxylation is 1. The molecule has 132 valence electrons. The second kappa shape index (κ2) is 7.13. The lowest BCUT2D eigenvalue weighted by Gasteiger charge is -2.18. The van der Waals surface area contributed by atoms with E-state index >= 15 is 0 Å². The summed E-state index contributed by atoms with van der Waals surface area (Å²) in [5.41, 5.74) is 3.85. The summed E-state index contributed by atoms with van der Waals surface area (Å²) in [6.45, 7) is 7.79. The van der Waals surface area contributed by atoms with Crippen molar-refractivity contribution in [2.75, 3.05) is 24.5 Å². The van der Waals surface area contributed by atoms with Crippen LogP contribution in [0.25, 0.3) is 0 Å². The van der Waals surface area contributed by atoms with E-state index in [1.165, 1.54) is 12.6 Å². The van der Waals surface area contributed by atoms with Crippen LogP contribution in [0.4, 0.5) is 5.69 Å². The van der Waals surface area contributed by atoms with Gasteiger partial charge in [-0.05, 0) is 50.8 Å². The van der Waals surface area contributed by atoms with Crippen LogP contribution in [0, 0.1) is 19.8 Å². The summed E-state index contributed by atoms with van der Waals surface area (Å²) in [6, 6.07) is 10.4. The van der Waals surface area contributed by atoms with Gasteiger partial charge in [0.1, 0.15) is 5.69 Å². The number of carbonyl (C=O) groups is 2. The Labute approximate surface area is 148 Å². The number of Topliss-reactive ketones (excluding diaryl/α,β-unsaturated/α-hetero) is 1. The summed E-state index contributed by atoms with van der Waals surface area (Å²) in [5, 5.41) is 3.03. The summed E-state index contributed by atoms with van der Waals surface area (Å²) in [6.07, 6.45) is 1.07. The highest BCUT2D eigenvalue weighted by Gasteiger charge is 2.24. The van der Waals surface area contributed by atoms with Crippen molar-refractivity contribution in [2.45, 2.75) is 27.2 Å². The molecule has 3 rings (SSSR count). The molecule has 1 aromatic heterocycles. The maximum atomic E-state index is 12.5. The van der Waals surface area contributed by atoms with Crippen LogP contribution >= 0.6 is 0 Å². The Balaban J connectivity index is 1.59. The number of carbonyl (C=O) groups excluding carboxylic acids is 2. The van der Waals surface area contributed by atoms with Crippen LogP contribution in [0.2, 0.25) is 0 Å². The van der Waals surface area contributed by atoms with Gasteiger partial charge in [-0.1, -0.05) is 18.2 Å². The minimum absolute atomic E-state index is 0.0143. The average molecular weight is 339 g/mol. The third-order valence-corrected chi connectivity index (χ3v) is 4.98. The van der Waals surface area contributed by atoms with Crippen molar-refractivity contribution in [1.29, 1.82) is 0 Å². The Morgan fingerprint density at radius 1 is 1.24 bits per heavy atom. The fourth-order valence-corrected chi connectivity index (χ4v) is 3.70. The SMILES string of the molecule is CC(=O)c1c(C)[nH]c(C(=O)NC[C@H]2CCN(c3ccccc3)C2)c1C. The van der Waals surface area contributed by atoms with Gasteiger partial charge in [0, 0.05) is 36.6 Å². The van der Waals surface area contributed by atoms with Gasteiger partial charge >= 0.3 is 0 Å². The van der Waals surface area contributed by atoms with Gasteiger partial charge in [-0.2, -0.15) is 0 Å². The van der Waals surface area contributed by atoms with Crippen LogP contribution in [0.5, 0.6) is 0 Å². The molecule has 0 unspecified atom stereocenters. The highest BCUT2D eigenvalue weighted by atomic mass is 16.2. The number of H-pyrrole nitrogens is 1. The zero-order valence-electron chi connectivity index (χ0n) is 15.1. The topological polar surface area (TPSA) is 65.2 Å². The number of para-hydroxylation sites is 1. The summed E-state index contributed by atoms with van der Waals surface area (Å²) in [5.74, 6) is 0.290. The van der Waals surface area contributed by atoms with Crippen molar-refractivity contribution in [1.82, 2.24) is 10.3 Å². The molecule has 1 fully saturated rings. The number of benzene rings is 1. The molecule has 5 heteroatoms. The van der Waals surface area contributed by atoms with Crippen LogP contribution in [0.3, 0.4) is 0 Å². The number of amides is 1. The summed E-state index contributed by atoms with van der Waals surface area (Å²) in [4.78, 5) is 29.6. The lowest BCUT2D eigenvalue weighted by Crippen LogP contribution is -2.31. The quantitative estimate of drug-likeness (QED) is 0.823. The van der Waals surface area contributed by atoms with E-state index < -0.39 is 0 Å². The highest BCUT2D eigenvalue weighted by Crippen LogP contribution is 2.23. The first kappa shape index (κ1) is 17.3. The third kappa shape index (κ3) is 3.60. The first-order chi connectivity index (χ1) is 12.0. The molecule has 0 bridgehead atoms. The molecule has 0 aliphatic carbocycles. The van der Waals surface area contributed by atoms with Crippen LogP contribution < -0.4 is 10.2 Å². The summed E-state index contributed by atoms with van der Waals surface area (Å²) < 4.78 is 0. The van der Waals surface area contributed by atoms with Crippen molar-refractivity contribution < 1.29 is 9.59 Å². The lowest BCUT2D eigenvalue weighted by atomic mass is 10.1. The fraction of sp³-hybridized carbons (Fsp3) is 0.400. The van der Waals surface area contributed by atoms with Gasteiger partial charge in [0.05, 0.1) is 0 Å². The first-order valence-corrected chi connectivity index (χ1v) is 8.75. The Kier molecular flexibility index (Phi) is 4.93. The smallest absolute Gasteiger partial charge is 0.268 e. The largest absolute Gasteiger partial charge is 0.371 e. The number of nitrogens with zero attached hydrogens (tertiary/aromatic N) is 1. The predicted molar refractivity (Wildman–Crippen MR) is 99.4 cm³/mol. The van der Waals surface area contributed by atoms with Gasteiger partial charge in [-0.15, -0.1) is 0 Å². The molecule has 2 heterocycles. The predicted octanol–water partition coefficient (Wildman–Crippen LogP) is 3.09. The van der Waals surface area contributed by atoms with E-state index in [1.54, 1.807) is 0 Å². The van der Waals surface area contributed by atoms with Crippen LogP contribution in [-0.4, -0.2) is 36.3 Å². The molecule has 1 amide bonds. The van der Waals surface area contributed by atoms with Gasteiger partial charge in [-0.3, -0.25) is 9.59 Å². The molecule has 1 aromatic carbocycles. The molecule has 1 saturated heterocycles. The zero-order valence-corrected chi connectivity index (χ0v) is 15.1. The van der Waals surface area contributed by atoms with Crippen LogP contribution in [0.1, 0.15) is 45.4 Å². The van der Waals surface area contributed by atoms with Crippen molar-refractivity contribution in [2.24, 2.45) is 5.92 Å². The van der Waals surface area contributed by atoms with E-state index in [0.717, 1.165) is 30.8 Å². The number of aromatic amines is 1. The first-order valence-electron chi connectivity index (χ1n) is 8.75. The van der Waals surface area contributed by atoms with Gasteiger partial charge < -0.3 is 15.2 Å². The molecule has 1 aliphatic rings. The lowest BCUT2D eigenvalue weighted by molar-refractivity contribution is 0.0943. The molecule has 0 saturated carbocycles. The standard InChI is InChI=1S/C20H25N3O2/c1-13-18(15(3)24)14(2)22-19(13)20(25)21-11-16-9-10-23(12-16)17-7-5-4-6-8-17/h4-8,16,22H,9-12H2,1-3H3,(H,21,25)/t16-/m1/s1. The van der Waals surface area contributed by atoms with Crippen molar-refractivity contribution >= 4 is 17.4 Å². The molecular formula is C20H25N3O2. The molecule has 25 heavy (non-hydrogen) atoms. The maximum Gasteiger partial charge on any atom is 0.268 e. The molecule has 0 spiro atoms. The molecule has 2 aromatic rings. The van der Waals surface area contributed by atoms with E-state index in [1.807, 2.05) is 32.0 Å². The molecule has 1 aliphatic heterocycles. The number of ketones is 1. The van der Waals surface area contributed by atoms with E-state index in [0.29, 0.717) is 23.7 Å². The molecule has 5 nitrogen and oxygen atoms in total. The number of hydrogen-bond donors (Lipinski definition) is 2. The minimum atomic E-state index is -0.133. The minimum Gasteiger partial charge on any atom is -0.371 e. The third-order valence-electron chi connectivity index (χ3n) is 4.98. The molecule has 0 radical (unpaired) electrons. The summed E-state index contributed by atoms with van der Waals surface area (Å²) in [7, 11) is 0. The number of rotatable bonds is 5. The molecule has 1 atom stereocenters. The van der Waals surface area contributed by atoms with Crippen molar-refractivity contribution in [3.05, 3.63) is 52.8 Å². The maximum absolute atomic E-state index is 12.5. The fourth-order valence-electron chi connectivity index (χ4n) is 3.70. The van der Waals surface area contributed by atoms with Gasteiger partial charge in [0.15, 0.2) is 5.78 Å². The van der Waals surface area contributed by atoms with E-state index in [2.05, 4.69) is 27.3 Å². The Morgan fingerprint density at radius 2 is 1.96 bits per heavy atom. The van der Waals surface area contributed by atoms with E-state index in [4.69, 9.17) is 0 Å². The molecule has 2 N–H and O–H groups in total. The second-order valence-electron chi connectivity index (χ2n) is 6.83. The average Bonchev–Trinajstić information content (AvgIpc) is 3.18. The van der Waals surface area contributed by atoms with Crippen molar-refractivity contribution in [3.8, 4) is 0 Å². The van der Waals surface area contributed by atoms with Crippen molar-refractivity contribution in [3.63, 3.8) is 0 Å². The number of aromatic nitrogens is 1. The second-order valence-corrected chi connectivity index (χ2v) is 6.83. The number of nitrogens with one attached hydrogen (secondary N) is 2. The van der Waals surface area contributed by atoms with E-state index in [-0.39, 0.29) is 11.7 Å². The highest BCUT2D eigenvalue weighted by molar-refractivity contribution is 6.02. The van der Waals surface area contributed by atoms with Crippen LogP contribution in [0.15, 0.2) is 30.3 Å². The number of anilines is 1. The van der Waals surface area contributed by atoms with Gasteiger partial charge in [0.2, 0.25) is 0 Å². The Hall–Kier alpha value is -2.56. The summed E-state index contributed by atoms with van der Waals surface area (Å²) >= 11 is 0. The number of hydrogen-bond acceptors (Lipinski definition) is 3. The monoisotopic (exact) mass is 339 g/mol. The van der Waals surface area contributed by atoms with Gasteiger partial charge in [-0.25, -0.2) is 0 Å². The van der Waals surface area contributed by atoms with Gasteiger partial charge in [0.25, 0.3) is 5.91 Å². The normalized spacial score (nSPS) is 16.9. The van der Waals surface area contributed by atoms with Crippen LogP contribution in [-0.2, 0) is 0 Å². The van der Waals surface area contributed by atoms with E-state index in [9.17, 15) is 9.59 Å².